The normalized spacial score (nSPS) is 17.2. The van der Waals surface area contributed by atoms with Gasteiger partial charge >= 0.3 is 0 Å². The number of hydrogen-bond acceptors (Lipinski definition) is 2. The molecule has 0 spiro atoms. The quantitative estimate of drug-likeness (QED) is 0.890. The second-order valence-corrected chi connectivity index (χ2v) is 4.99. The molecule has 1 unspecified atom stereocenters. The average Bonchev–Trinajstić information content (AvgIpc) is 2.69. The number of anilines is 2. The van der Waals surface area contributed by atoms with E-state index in [2.05, 4.69) is 26.6 Å². The molecule has 0 aliphatic carbocycles. The molecule has 0 fully saturated rings. The van der Waals surface area contributed by atoms with Crippen LogP contribution < -0.4 is 10.6 Å². The number of rotatable bonds is 2. The van der Waals surface area contributed by atoms with Gasteiger partial charge in [0, 0.05) is 21.4 Å². The molecule has 2 N–H and O–H groups in total. The Bertz CT molecular complexity index is 612. The van der Waals surface area contributed by atoms with Gasteiger partial charge in [-0.3, -0.25) is 4.79 Å². The topological polar surface area (TPSA) is 41.1 Å². The lowest BCUT2D eigenvalue weighted by Crippen LogP contribution is -2.19. The Balaban J connectivity index is 1.94. The molecule has 3 nitrogen and oxygen atoms in total. The van der Waals surface area contributed by atoms with Crippen LogP contribution in [0.4, 0.5) is 11.4 Å². The highest BCUT2D eigenvalue weighted by atomic mass is 79.9. The predicted molar refractivity (Wildman–Crippen MR) is 75.6 cm³/mol. The van der Waals surface area contributed by atoms with Gasteiger partial charge in [0.05, 0.1) is 0 Å². The molecule has 0 bridgehead atoms. The summed E-state index contributed by atoms with van der Waals surface area (Å²) in [6.07, 6.45) is 0. The van der Waals surface area contributed by atoms with E-state index in [0.717, 1.165) is 21.4 Å². The van der Waals surface area contributed by atoms with Crippen LogP contribution in [0.5, 0.6) is 0 Å². The van der Waals surface area contributed by atoms with Crippen molar-refractivity contribution in [2.45, 2.75) is 6.04 Å². The Morgan fingerprint density at radius 3 is 2.61 bits per heavy atom. The van der Waals surface area contributed by atoms with Gasteiger partial charge in [0.1, 0.15) is 6.04 Å². The van der Waals surface area contributed by atoms with Crippen LogP contribution in [-0.2, 0) is 4.79 Å². The highest BCUT2D eigenvalue weighted by Gasteiger charge is 2.30. The molecule has 1 atom stereocenters. The Labute approximate surface area is 113 Å². The maximum Gasteiger partial charge on any atom is 0.251 e. The second kappa shape index (κ2) is 4.46. The Hall–Kier alpha value is -1.81. The molecule has 0 saturated heterocycles. The number of carbonyl (C=O) groups excluding carboxylic acids is 1. The maximum atomic E-state index is 12.0. The number of para-hydroxylation sites is 2. The zero-order valence-corrected chi connectivity index (χ0v) is 11.1. The highest BCUT2D eigenvalue weighted by Crippen LogP contribution is 2.34. The molecule has 1 aliphatic heterocycles. The van der Waals surface area contributed by atoms with Gasteiger partial charge in [0.15, 0.2) is 0 Å². The monoisotopic (exact) mass is 302 g/mol. The van der Waals surface area contributed by atoms with Gasteiger partial charge in [-0.2, -0.15) is 0 Å². The molecule has 3 rings (SSSR count). The first-order chi connectivity index (χ1) is 8.75. The van der Waals surface area contributed by atoms with E-state index in [1.165, 1.54) is 0 Å². The van der Waals surface area contributed by atoms with E-state index in [-0.39, 0.29) is 11.9 Å². The van der Waals surface area contributed by atoms with Crippen molar-refractivity contribution in [1.29, 1.82) is 0 Å². The lowest BCUT2D eigenvalue weighted by atomic mass is 10.1. The zero-order valence-electron chi connectivity index (χ0n) is 9.48. The van der Waals surface area contributed by atoms with Crippen molar-refractivity contribution in [2.24, 2.45) is 0 Å². The molecule has 18 heavy (non-hydrogen) atoms. The summed E-state index contributed by atoms with van der Waals surface area (Å²) in [6, 6.07) is 15.2. The first-order valence-corrected chi connectivity index (χ1v) is 6.46. The molecule has 1 aliphatic rings. The number of fused-ring (bicyclic) bond motifs is 1. The van der Waals surface area contributed by atoms with Crippen molar-refractivity contribution in [1.82, 2.24) is 0 Å². The molecule has 2 aromatic carbocycles. The smallest absolute Gasteiger partial charge is 0.251 e. The van der Waals surface area contributed by atoms with Crippen molar-refractivity contribution >= 4 is 33.2 Å². The number of halogens is 1. The number of amides is 1. The molecule has 90 valence electrons. The van der Waals surface area contributed by atoms with Gasteiger partial charge in [0.25, 0.3) is 5.91 Å². The number of benzene rings is 2. The number of hydrogen-bond donors (Lipinski definition) is 2. The molecule has 4 heteroatoms. The fourth-order valence-electron chi connectivity index (χ4n) is 2.09. The van der Waals surface area contributed by atoms with Crippen molar-refractivity contribution in [3.05, 3.63) is 58.6 Å². The zero-order chi connectivity index (χ0) is 12.5. The molecule has 0 radical (unpaired) electrons. The van der Waals surface area contributed by atoms with Crippen molar-refractivity contribution in [2.75, 3.05) is 10.6 Å². The van der Waals surface area contributed by atoms with Crippen LogP contribution in [0.3, 0.4) is 0 Å². The van der Waals surface area contributed by atoms with E-state index in [1.807, 2.05) is 48.5 Å². The summed E-state index contributed by atoms with van der Waals surface area (Å²) >= 11 is 3.47. The first kappa shape index (κ1) is 11.3. The van der Waals surface area contributed by atoms with E-state index in [0.29, 0.717) is 0 Å². The molecule has 0 saturated carbocycles. The largest absolute Gasteiger partial charge is 0.369 e. The SMILES string of the molecule is O=C1Nc2ccccc2C1Nc1ccccc1Br. The summed E-state index contributed by atoms with van der Waals surface area (Å²) in [4.78, 5) is 12.0. The second-order valence-electron chi connectivity index (χ2n) is 4.13. The Morgan fingerprint density at radius 2 is 1.78 bits per heavy atom. The van der Waals surface area contributed by atoms with Crippen molar-refractivity contribution in [3.8, 4) is 0 Å². The van der Waals surface area contributed by atoms with Gasteiger partial charge in [-0.15, -0.1) is 0 Å². The minimum atomic E-state index is -0.333. The Morgan fingerprint density at radius 1 is 1.06 bits per heavy atom. The van der Waals surface area contributed by atoms with E-state index in [9.17, 15) is 4.79 Å². The molecular formula is C14H11BrN2O. The summed E-state index contributed by atoms with van der Waals surface area (Å²) in [5.74, 6) is -0.0213. The van der Waals surface area contributed by atoms with Crippen LogP contribution in [0.15, 0.2) is 53.0 Å². The van der Waals surface area contributed by atoms with E-state index in [1.54, 1.807) is 0 Å². The summed E-state index contributed by atoms with van der Waals surface area (Å²) < 4.78 is 0.946. The van der Waals surface area contributed by atoms with Crippen LogP contribution in [0, 0.1) is 0 Å². The van der Waals surface area contributed by atoms with Gasteiger partial charge in [0.2, 0.25) is 0 Å². The molecule has 1 amide bonds. The molecule has 0 aromatic heterocycles. The fraction of sp³-hybridized carbons (Fsp3) is 0.0714. The number of carbonyl (C=O) groups is 1. The molecule has 1 heterocycles. The third-order valence-corrected chi connectivity index (χ3v) is 3.66. The minimum Gasteiger partial charge on any atom is -0.369 e. The third-order valence-electron chi connectivity index (χ3n) is 2.97. The van der Waals surface area contributed by atoms with Gasteiger partial charge < -0.3 is 10.6 Å². The van der Waals surface area contributed by atoms with Crippen LogP contribution in [0.1, 0.15) is 11.6 Å². The summed E-state index contributed by atoms with van der Waals surface area (Å²) in [7, 11) is 0. The third kappa shape index (κ3) is 1.88. The lowest BCUT2D eigenvalue weighted by Gasteiger charge is -2.14. The van der Waals surface area contributed by atoms with Crippen molar-refractivity contribution < 1.29 is 4.79 Å². The van der Waals surface area contributed by atoms with Crippen LogP contribution >= 0.6 is 15.9 Å². The van der Waals surface area contributed by atoms with E-state index >= 15 is 0 Å². The summed E-state index contributed by atoms with van der Waals surface area (Å²) in [6.45, 7) is 0. The number of nitrogens with one attached hydrogen (secondary N) is 2. The Kier molecular flexibility index (Phi) is 2.80. The highest BCUT2D eigenvalue weighted by molar-refractivity contribution is 9.10. The van der Waals surface area contributed by atoms with Gasteiger partial charge in [-0.25, -0.2) is 0 Å². The predicted octanol–water partition coefficient (Wildman–Crippen LogP) is 3.55. The van der Waals surface area contributed by atoms with Crippen LogP contribution in [0.25, 0.3) is 0 Å². The standard InChI is InChI=1S/C14H11BrN2O/c15-10-6-2-4-8-12(10)16-13-9-5-1-3-7-11(9)17-14(13)18/h1-8,13,16H,(H,17,18). The van der Waals surface area contributed by atoms with E-state index in [4.69, 9.17) is 0 Å². The lowest BCUT2D eigenvalue weighted by molar-refractivity contribution is -0.116. The molecule has 2 aromatic rings. The first-order valence-electron chi connectivity index (χ1n) is 5.66. The average molecular weight is 303 g/mol. The van der Waals surface area contributed by atoms with Gasteiger partial charge in [-0.05, 0) is 34.1 Å². The summed E-state index contributed by atoms with van der Waals surface area (Å²) in [5, 5.41) is 6.13. The fourth-order valence-corrected chi connectivity index (χ4v) is 2.49. The molecular weight excluding hydrogens is 292 g/mol. The van der Waals surface area contributed by atoms with Crippen LogP contribution in [0.2, 0.25) is 0 Å². The maximum absolute atomic E-state index is 12.0. The van der Waals surface area contributed by atoms with E-state index < -0.39 is 0 Å². The van der Waals surface area contributed by atoms with Crippen LogP contribution in [-0.4, -0.2) is 5.91 Å². The van der Waals surface area contributed by atoms with Crippen molar-refractivity contribution in [3.63, 3.8) is 0 Å². The minimum absolute atomic E-state index is 0.0213. The summed E-state index contributed by atoms with van der Waals surface area (Å²) in [5.41, 5.74) is 2.78. The van der Waals surface area contributed by atoms with Gasteiger partial charge in [-0.1, -0.05) is 30.3 Å².